The first kappa shape index (κ1) is 12.6. The molecule has 1 aliphatic rings. The normalized spacial score (nSPS) is 19.3. The van der Waals surface area contributed by atoms with Crippen molar-refractivity contribution in [3.8, 4) is 6.07 Å². The second kappa shape index (κ2) is 5.18. The molecule has 4 heteroatoms. The molecule has 0 radical (unpaired) electrons. The Labute approximate surface area is 107 Å². The molecule has 2 rings (SSSR count). The molecule has 1 saturated heterocycles. The summed E-state index contributed by atoms with van der Waals surface area (Å²) >= 11 is 0. The van der Waals surface area contributed by atoms with Gasteiger partial charge in [0.25, 0.3) is 0 Å². The molecule has 94 valence electrons. The van der Waals surface area contributed by atoms with E-state index in [0.717, 1.165) is 12.1 Å². The van der Waals surface area contributed by atoms with E-state index in [-0.39, 0.29) is 5.91 Å². The van der Waals surface area contributed by atoms with Gasteiger partial charge in [0.05, 0.1) is 0 Å². The summed E-state index contributed by atoms with van der Waals surface area (Å²) in [6.45, 7) is 5.71. The van der Waals surface area contributed by atoms with Crippen molar-refractivity contribution in [2.24, 2.45) is 11.8 Å². The first-order valence-electron chi connectivity index (χ1n) is 6.23. The fraction of sp³-hybridized carbons (Fsp3) is 0.500. The maximum atomic E-state index is 11.9. The van der Waals surface area contributed by atoms with Crippen LogP contribution in [0, 0.1) is 23.2 Å². The highest BCUT2D eigenvalue weighted by Gasteiger charge is 2.31. The molecule has 0 N–H and O–H groups in total. The van der Waals surface area contributed by atoms with E-state index in [1.54, 1.807) is 12.3 Å². The van der Waals surface area contributed by atoms with Gasteiger partial charge in [-0.15, -0.1) is 0 Å². The van der Waals surface area contributed by atoms with Crippen molar-refractivity contribution in [3.05, 3.63) is 29.6 Å². The molecule has 1 fully saturated rings. The average molecular weight is 243 g/mol. The van der Waals surface area contributed by atoms with Crippen molar-refractivity contribution in [2.75, 3.05) is 6.54 Å². The van der Waals surface area contributed by atoms with Gasteiger partial charge >= 0.3 is 0 Å². The zero-order valence-electron chi connectivity index (χ0n) is 10.8. The lowest BCUT2D eigenvalue weighted by Crippen LogP contribution is -2.25. The highest BCUT2D eigenvalue weighted by molar-refractivity contribution is 5.78. The van der Waals surface area contributed by atoms with Gasteiger partial charge in [-0.05, 0) is 29.5 Å². The van der Waals surface area contributed by atoms with Crippen LogP contribution in [0.5, 0.6) is 0 Å². The van der Waals surface area contributed by atoms with Crippen molar-refractivity contribution in [1.82, 2.24) is 9.88 Å². The van der Waals surface area contributed by atoms with Gasteiger partial charge < -0.3 is 4.90 Å². The number of amides is 1. The van der Waals surface area contributed by atoms with E-state index in [9.17, 15) is 4.79 Å². The van der Waals surface area contributed by atoms with E-state index in [1.807, 2.05) is 17.0 Å². The molecule has 18 heavy (non-hydrogen) atoms. The maximum absolute atomic E-state index is 11.9. The summed E-state index contributed by atoms with van der Waals surface area (Å²) in [5.74, 6) is 1.20. The zero-order valence-corrected chi connectivity index (χ0v) is 10.8. The van der Waals surface area contributed by atoms with Gasteiger partial charge in [-0.25, -0.2) is 4.98 Å². The first-order valence-corrected chi connectivity index (χ1v) is 6.23. The third-order valence-electron chi connectivity index (χ3n) is 3.50. The molecule has 0 saturated carbocycles. The molecule has 1 aromatic heterocycles. The van der Waals surface area contributed by atoms with Crippen LogP contribution in [-0.2, 0) is 11.3 Å². The van der Waals surface area contributed by atoms with E-state index >= 15 is 0 Å². The summed E-state index contributed by atoms with van der Waals surface area (Å²) in [6, 6.07) is 5.62. The van der Waals surface area contributed by atoms with Crippen molar-refractivity contribution in [3.63, 3.8) is 0 Å². The molecule has 0 spiro atoms. The summed E-state index contributed by atoms with van der Waals surface area (Å²) in [5.41, 5.74) is 1.37. The molecule has 1 atom stereocenters. The van der Waals surface area contributed by atoms with E-state index in [0.29, 0.717) is 30.5 Å². The summed E-state index contributed by atoms with van der Waals surface area (Å²) in [5, 5.41) is 8.80. The van der Waals surface area contributed by atoms with Crippen LogP contribution in [-0.4, -0.2) is 22.3 Å². The topological polar surface area (TPSA) is 57.0 Å². The number of pyridine rings is 1. The lowest BCUT2D eigenvalue weighted by molar-refractivity contribution is -0.128. The summed E-state index contributed by atoms with van der Waals surface area (Å²) in [6.07, 6.45) is 2.27. The number of aromatic nitrogens is 1. The number of likely N-dealkylation sites (tertiary alicyclic amines) is 1. The standard InChI is InChI=1S/C14H17N3O/c1-10(2)12-6-14(18)17(9-12)8-11-3-4-16-13(5-11)7-15/h3-5,10,12H,6,8-9H2,1-2H3. The Bertz CT molecular complexity index is 490. The van der Waals surface area contributed by atoms with Crippen LogP contribution in [0.3, 0.4) is 0 Å². The number of rotatable bonds is 3. The Balaban J connectivity index is 2.06. The fourth-order valence-corrected chi connectivity index (χ4v) is 2.26. The highest BCUT2D eigenvalue weighted by atomic mass is 16.2. The Morgan fingerprint density at radius 3 is 3.00 bits per heavy atom. The smallest absolute Gasteiger partial charge is 0.223 e. The number of nitriles is 1. The minimum atomic E-state index is 0.212. The Morgan fingerprint density at radius 2 is 2.39 bits per heavy atom. The van der Waals surface area contributed by atoms with Gasteiger partial charge in [-0.3, -0.25) is 4.79 Å². The van der Waals surface area contributed by atoms with Gasteiger partial charge in [0.15, 0.2) is 0 Å². The Morgan fingerprint density at radius 1 is 1.61 bits per heavy atom. The monoisotopic (exact) mass is 243 g/mol. The second-order valence-electron chi connectivity index (χ2n) is 5.14. The van der Waals surface area contributed by atoms with Crippen LogP contribution in [0.4, 0.5) is 0 Å². The van der Waals surface area contributed by atoms with Crippen LogP contribution < -0.4 is 0 Å². The first-order chi connectivity index (χ1) is 8.60. The molecule has 0 aliphatic carbocycles. The maximum Gasteiger partial charge on any atom is 0.223 e. The van der Waals surface area contributed by atoms with Crippen LogP contribution in [0.25, 0.3) is 0 Å². The Hall–Kier alpha value is -1.89. The molecule has 1 aromatic rings. The molecule has 0 aromatic carbocycles. The Kier molecular flexibility index (Phi) is 3.61. The van der Waals surface area contributed by atoms with Gasteiger partial charge in [-0.1, -0.05) is 13.8 Å². The number of carbonyl (C=O) groups excluding carboxylic acids is 1. The molecule has 1 unspecified atom stereocenters. The average Bonchev–Trinajstić information content (AvgIpc) is 2.71. The number of nitrogens with zero attached hydrogens (tertiary/aromatic N) is 3. The zero-order chi connectivity index (χ0) is 13.1. The fourth-order valence-electron chi connectivity index (χ4n) is 2.26. The second-order valence-corrected chi connectivity index (χ2v) is 5.14. The van der Waals surface area contributed by atoms with E-state index in [1.165, 1.54) is 0 Å². The summed E-state index contributed by atoms with van der Waals surface area (Å²) in [4.78, 5) is 17.7. The molecule has 4 nitrogen and oxygen atoms in total. The molecule has 0 bridgehead atoms. The predicted molar refractivity (Wildman–Crippen MR) is 67.3 cm³/mol. The van der Waals surface area contributed by atoms with E-state index in [4.69, 9.17) is 5.26 Å². The van der Waals surface area contributed by atoms with Crippen LogP contribution in [0.2, 0.25) is 0 Å². The van der Waals surface area contributed by atoms with Crippen molar-refractivity contribution >= 4 is 5.91 Å². The van der Waals surface area contributed by atoms with Crippen LogP contribution in [0.15, 0.2) is 18.3 Å². The highest BCUT2D eigenvalue weighted by Crippen LogP contribution is 2.25. The van der Waals surface area contributed by atoms with Gasteiger partial charge in [0.2, 0.25) is 5.91 Å². The largest absolute Gasteiger partial charge is 0.338 e. The van der Waals surface area contributed by atoms with Gasteiger partial charge in [-0.2, -0.15) is 5.26 Å². The minimum Gasteiger partial charge on any atom is -0.338 e. The third kappa shape index (κ3) is 2.67. The van der Waals surface area contributed by atoms with E-state index in [2.05, 4.69) is 18.8 Å². The molecule has 1 amide bonds. The number of hydrogen-bond donors (Lipinski definition) is 0. The SMILES string of the molecule is CC(C)C1CC(=O)N(Cc2ccnc(C#N)c2)C1. The van der Waals surface area contributed by atoms with Crippen molar-refractivity contribution < 1.29 is 4.79 Å². The van der Waals surface area contributed by atoms with Crippen molar-refractivity contribution in [1.29, 1.82) is 5.26 Å². The third-order valence-corrected chi connectivity index (χ3v) is 3.50. The predicted octanol–water partition coefficient (Wildman–Crippen LogP) is 1.96. The molecular formula is C14H17N3O. The minimum absolute atomic E-state index is 0.212. The summed E-state index contributed by atoms with van der Waals surface area (Å²) < 4.78 is 0. The van der Waals surface area contributed by atoms with Gasteiger partial charge in [0, 0.05) is 25.7 Å². The lowest BCUT2D eigenvalue weighted by Gasteiger charge is -2.18. The van der Waals surface area contributed by atoms with Crippen LogP contribution in [0.1, 0.15) is 31.5 Å². The quantitative estimate of drug-likeness (QED) is 0.815. The number of carbonyl (C=O) groups is 1. The summed E-state index contributed by atoms with van der Waals surface area (Å²) in [7, 11) is 0. The van der Waals surface area contributed by atoms with Crippen molar-refractivity contribution in [2.45, 2.75) is 26.8 Å². The van der Waals surface area contributed by atoms with E-state index < -0.39 is 0 Å². The molecular weight excluding hydrogens is 226 g/mol. The lowest BCUT2D eigenvalue weighted by atomic mass is 9.95. The number of hydrogen-bond acceptors (Lipinski definition) is 3. The molecule has 1 aliphatic heterocycles. The van der Waals surface area contributed by atoms with Crippen LogP contribution >= 0.6 is 0 Å². The molecule has 2 heterocycles. The van der Waals surface area contributed by atoms with Gasteiger partial charge in [0.1, 0.15) is 11.8 Å².